The molecule has 6 heteroatoms. The van der Waals surface area contributed by atoms with E-state index in [1.807, 2.05) is 0 Å². The lowest BCUT2D eigenvalue weighted by molar-refractivity contribution is -0.145. The van der Waals surface area contributed by atoms with E-state index in [0.29, 0.717) is 0 Å². The SMILES string of the molecule is CC(=O)C(O)C(O)[C@@H](O)C(O)CO. The highest BCUT2D eigenvalue weighted by Gasteiger charge is 2.32. The summed E-state index contributed by atoms with van der Waals surface area (Å²) in [6.45, 7) is 0.273. The fourth-order valence-electron chi connectivity index (χ4n) is 0.763. The van der Waals surface area contributed by atoms with Gasteiger partial charge in [0.25, 0.3) is 0 Å². The van der Waals surface area contributed by atoms with Crippen molar-refractivity contribution in [2.45, 2.75) is 31.3 Å². The molecule has 5 N–H and O–H groups in total. The van der Waals surface area contributed by atoms with Crippen molar-refractivity contribution in [1.82, 2.24) is 0 Å². The molecule has 0 aliphatic rings. The van der Waals surface area contributed by atoms with Crippen LogP contribution >= 0.6 is 0 Å². The van der Waals surface area contributed by atoms with E-state index in [9.17, 15) is 4.79 Å². The van der Waals surface area contributed by atoms with Gasteiger partial charge in [0, 0.05) is 0 Å². The van der Waals surface area contributed by atoms with Crippen molar-refractivity contribution in [1.29, 1.82) is 0 Å². The van der Waals surface area contributed by atoms with Crippen LogP contribution in [0.1, 0.15) is 6.92 Å². The molecule has 13 heavy (non-hydrogen) atoms. The van der Waals surface area contributed by atoms with Crippen molar-refractivity contribution in [2.75, 3.05) is 6.61 Å². The van der Waals surface area contributed by atoms with Crippen LogP contribution < -0.4 is 0 Å². The van der Waals surface area contributed by atoms with Gasteiger partial charge in [-0.15, -0.1) is 0 Å². The molecule has 0 aliphatic heterocycles. The first-order valence-electron chi connectivity index (χ1n) is 3.75. The number of carbonyl (C=O) groups excluding carboxylic acids is 1. The highest BCUT2D eigenvalue weighted by atomic mass is 16.4. The Kier molecular flexibility index (Phi) is 5.04. The lowest BCUT2D eigenvalue weighted by atomic mass is 10.0. The molecule has 0 aliphatic carbocycles. The van der Waals surface area contributed by atoms with Gasteiger partial charge >= 0.3 is 0 Å². The van der Waals surface area contributed by atoms with E-state index < -0.39 is 36.8 Å². The Hall–Kier alpha value is -0.530. The minimum absolute atomic E-state index is 0.725. The lowest BCUT2D eigenvalue weighted by Gasteiger charge is -2.23. The molecule has 3 unspecified atom stereocenters. The Labute approximate surface area is 75.1 Å². The van der Waals surface area contributed by atoms with Gasteiger partial charge in [0.1, 0.15) is 24.4 Å². The Morgan fingerprint density at radius 1 is 1.15 bits per heavy atom. The van der Waals surface area contributed by atoms with Crippen LogP contribution in [0.25, 0.3) is 0 Å². The maximum atomic E-state index is 10.5. The quantitative estimate of drug-likeness (QED) is 0.318. The van der Waals surface area contributed by atoms with Crippen molar-refractivity contribution >= 4 is 5.78 Å². The topological polar surface area (TPSA) is 118 Å². The molecule has 78 valence electrons. The van der Waals surface area contributed by atoms with E-state index in [-0.39, 0.29) is 0 Å². The van der Waals surface area contributed by atoms with Crippen molar-refractivity contribution in [2.24, 2.45) is 0 Å². The van der Waals surface area contributed by atoms with Crippen LogP contribution in [0, 0.1) is 0 Å². The van der Waals surface area contributed by atoms with Crippen LogP contribution in [0.2, 0.25) is 0 Å². The molecule has 0 spiro atoms. The second kappa shape index (κ2) is 5.25. The first-order chi connectivity index (χ1) is 5.91. The molecular weight excluding hydrogens is 180 g/mol. The number of rotatable bonds is 5. The molecule has 0 aromatic heterocycles. The number of hydrogen-bond donors (Lipinski definition) is 5. The van der Waals surface area contributed by atoms with Gasteiger partial charge in [-0.05, 0) is 6.92 Å². The predicted molar refractivity (Wildman–Crippen MR) is 41.8 cm³/mol. The Bertz CT molecular complexity index is 170. The molecule has 0 radical (unpaired) electrons. The van der Waals surface area contributed by atoms with E-state index in [1.54, 1.807) is 0 Å². The molecule has 4 atom stereocenters. The second-order valence-corrected chi connectivity index (χ2v) is 2.79. The maximum Gasteiger partial charge on any atom is 0.160 e. The smallest absolute Gasteiger partial charge is 0.160 e. The molecule has 0 bridgehead atoms. The van der Waals surface area contributed by atoms with Crippen LogP contribution in [0.3, 0.4) is 0 Å². The summed E-state index contributed by atoms with van der Waals surface area (Å²) in [6, 6.07) is 0. The summed E-state index contributed by atoms with van der Waals surface area (Å²) in [5.41, 5.74) is 0. The minimum atomic E-state index is -1.79. The summed E-state index contributed by atoms with van der Waals surface area (Å²) < 4.78 is 0. The maximum absolute atomic E-state index is 10.5. The molecular formula is C7H14O6. The number of ketones is 1. The van der Waals surface area contributed by atoms with Gasteiger partial charge in [0.05, 0.1) is 6.61 Å². The molecule has 0 amide bonds. The molecule has 0 saturated carbocycles. The standard InChI is InChI=1S/C7H14O6/c1-3(9)5(11)7(13)6(12)4(10)2-8/h4-8,10-13H,2H2,1H3/t4?,5?,6-,7?/m0/s1. The highest BCUT2D eigenvalue weighted by molar-refractivity contribution is 5.80. The van der Waals surface area contributed by atoms with Gasteiger partial charge < -0.3 is 25.5 Å². The minimum Gasteiger partial charge on any atom is -0.394 e. The summed E-state index contributed by atoms with van der Waals surface area (Å²) in [4.78, 5) is 10.5. The van der Waals surface area contributed by atoms with E-state index in [1.165, 1.54) is 0 Å². The Morgan fingerprint density at radius 3 is 1.92 bits per heavy atom. The normalized spacial score (nSPS) is 20.5. The van der Waals surface area contributed by atoms with Crippen LogP contribution in [-0.4, -0.2) is 62.3 Å². The summed E-state index contributed by atoms with van der Waals surface area (Å²) in [7, 11) is 0. The summed E-state index contributed by atoms with van der Waals surface area (Å²) >= 11 is 0. The molecule has 0 aromatic carbocycles. The largest absolute Gasteiger partial charge is 0.394 e. The Balaban J connectivity index is 4.24. The van der Waals surface area contributed by atoms with Crippen molar-refractivity contribution < 1.29 is 30.3 Å². The zero-order chi connectivity index (χ0) is 10.6. The molecule has 0 heterocycles. The number of Topliss-reactive ketones (excluding diaryl/α,β-unsaturated/α-hetero) is 1. The zero-order valence-corrected chi connectivity index (χ0v) is 7.16. The predicted octanol–water partition coefficient (Wildman–Crippen LogP) is -2.99. The van der Waals surface area contributed by atoms with Crippen LogP contribution in [0.15, 0.2) is 0 Å². The van der Waals surface area contributed by atoms with Gasteiger partial charge in [0.2, 0.25) is 0 Å². The third-order valence-corrected chi connectivity index (χ3v) is 1.67. The van der Waals surface area contributed by atoms with Crippen molar-refractivity contribution in [3.05, 3.63) is 0 Å². The number of aliphatic hydroxyl groups is 5. The third-order valence-electron chi connectivity index (χ3n) is 1.67. The fourth-order valence-corrected chi connectivity index (χ4v) is 0.763. The number of hydrogen-bond acceptors (Lipinski definition) is 6. The number of aliphatic hydroxyl groups excluding tert-OH is 5. The second-order valence-electron chi connectivity index (χ2n) is 2.79. The van der Waals surface area contributed by atoms with Crippen LogP contribution in [0.5, 0.6) is 0 Å². The average molecular weight is 194 g/mol. The molecule has 0 saturated heterocycles. The Morgan fingerprint density at radius 2 is 1.62 bits per heavy atom. The highest BCUT2D eigenvalue weighted by Crippen LogP contribution is 2.05. The van der Waals surface area contributed by atoms with Crippen molar-refractivity contribution in [3.63, 3.8) is 0 Å². The fraction of sp³-hybridized carbons (Fsp3) is 0.857. The zero-order valence-electron chi connectivity index (χ0n) is 7.16. The molecule has 6 nitrogen and oxygen atoms in total. The lowest BCUT2D eigenvalue weighted by Crippen LogP contribution is -2.48. The first kappa shape index (κ1) is 12.5. The average Bonchev–Trinajstić information content (AvgIpc) is 2.12. The van der Waals surface area contributed by atoms with Gasteiger partial charge in [-0.1, -0.05) is 0 Å². The van der Waals surface area contributed by atoms with Gasteiger partial charge in [-0.3, -0.25) is 4.79 Å². The molecule has 0 aromatic rings. The number of carbonyl (C=O) groups is 1. The van der Waals surface area contributed by atoms with Gasteiger partial charge in [-0.25, -0.2) is 0 Å². The molecule has 0 fully saturated rings. The summed E-state index contributed by atoms with van der Waals surface area (Å²) in [5.74, 6) is -0.725. The van der Waals surface area contributed by atoms with E-state index in [2.05, 4.69) is 0 Å². The van der Waals surface area contributed by atoms with E-state index in [4.69, 9.17) is 25.5 Å². The van der Waals surface area contributed by atoms with Crippen molar-refractivity contribution in [3.8, 4) is 0 Å². The van der Waals surface area contributed by atoms with Gasteiger partial charge in [0.15, 0.2) is 5.78 Å². The summed E-state index contributed by atoms with van der Waals surface area (Å²) in [5, 5.41) is 44.3. The van der Waals surface area contributed by atoms with E-state index in [0.717, 1.165) is 6.92 Å². The summed E-state index contributed by atoms with van der Waals surface area (Å²) in [6.07, 6.45) is -6.87. The van der Waals surface area contributed by atoms with Crippen LogP contribution in [-0.2, 0) is 4.79 Å². The first-order valence-corrected chi connectivity index (χ1v) is 3.75. The van der Waals surface area contributed by atoms with Gasteiger partial charge in [-0.2, -0.15) is 0 Å². The van der Waals surface area contributed by atoms with E-state index >= 15 is 0 Å². The molecule has 0 rings (SSSR count). The van der Waals surface area contributed by atoms with Crippen LogP contribution in [0.4, 0.5) is 0 Å². The third kappa shape index (κ3) is 3.37. The monoisotopic (exact) mass is 194 g/mol.